The van der Waals surface area contributed by atoms with Gasteiger partial charge in [-0.15, -0.1) is 0 Å². The molecular weight excluding hydrogens is 272 g/mol. The second kappa shape index (κ2) is 4.36. The fourth-order valence-corrected chi connectivity index (χ4v) is 5.66. The van der Waals surface area contributed by atoms with E-state index in [1.165, 1.54) is 54.5 Å². The minimum atomic E-state index is -0.358. The zero-order valence-electron chi connectivity index (χ0n) is 13.3. The van der Waals surface area contributed by atoms with Gasteiger partial charge in [-0.2, -0.15) is 0 Å². The molecule has 0 spiro atoms. The first kappa shape index (κ1) is 13.1. The maximum Gasteiger partial charge on any atom is 0.131 e. The molecule has 3 atom stereocenters. The van der Waals surface area contributed by atoms with Crippen LogP contribution in [0.15, 0.2) is 24.3 Å². The molecule has 3 aliphatic rings. The van der Waals surface area contributed by atoms with Crippen LogP contribution in [0, 0.1) is 5.41 Å². The van der Waals surface area contributed by atoms with Crippen molar-refractivity contribution in [3.05, 3.63) is 35.5 Å². The van der Waals surface area contributed by atoms with Gasteiger partial charge in [-0.1, -0.05) is 25.1 Å². The van der Waals surface area contributed by atoms with Gasteiger partial charge in [0.2, 0.25) is 0 Å². The third-order valence-corrected chi connectivity index (χ3v) is 6.62. The van der Waals surface area contributed by atoms with Crippen molar-refractivity contribution in [3.8, 4) is 0 Å². The average Bonchev–Trinajstić information content (AvgIpc) is 2.89. The lowest BCUT2D eigenvalue weighted by Crippen LogP contribution is -2.53. The Morgan fingerprint density at radius 3 is 3.00 bits per heavy atom. The van der Waals surface area contributed by atoms with Crippen molar-refractivity contribution in [2.45, 2.75) is 51.3 Å². The standard InChI is InChI=1S/C19H24N2O/c1-2-19-9-5-10-20-11-8-14-13-6-3-4-7-15(13)21(16(22)12-19)17(14)18(19)20/h3-4,6-7,16,18,22H,2,5,8-12H2,1H3/t16-,18+,19+/m1/s1. The Bertz CT molecular complexity index is 749. The van der Waals surface area contributed by atoms with Crippen LogP contribution in [0.2, 0.25) is 0 Å². The number of aliphatic hydroxyl groups is 1. The largest absolute Gasteiger partial charge is 0.373 e. The van der Waals surface area contributed by atoms with Gasteiger partial charge in [0.25, 0.3) is 0 Å². The fraction of sp³-hybridized carbons (Fsp3) is 0.579. The van der Waals surface area contributed by atoms with Crippen LogP contribution in [-0.2, 0) is 6.42 Å². The van der Waals surface area contributed by atoms with E-state index >= 15 is 0 Å². The van der Waals surface area contributed by atoms with E-state index in [9.17, 15) is 5.11 Å². The van der Waals surface area contributed by atoms with Gasteiger partial charge in [-0.05, 0) is 55.7 Å². The van der Waals surface area contributed by atoms with E-state index in [1.54, 1.807) is 0 Å². The smallest absolute Gasteiger partial charge is 0.131 e. The predicted octanol–water partition coefficient (Wildman–Crippen LogP) is 3.63. The van der Waals surface area contributed by atoms with E-state index in [-0.39, 0.29) is 11.6 Å². The van der Waals surface area contributed by atoms with Gasteiger partial charge in [-0.25, -0.2) is 0 Å². The van der Waals surface area contributed by atoms with E-state index in [1.807, 2.05) is 0 Å². The monoisotopic (exact) mass is 296 g/mol. The number of fused-ring (bicyclic) bond motifs is 3. The van der Waals surface area contributed by atoms with Crippen molar-refractivity contribution in [1.29, 1.82) is 0 Å². The molecule has 0 aliphatic carbocycles. The second-order valence-electron chi connectivity index (χ2n) is 7.44. The summed E-state index contributed by atoms with van der Waals surface area (Å²) in [5.41, 5.74) is 4.46. The Hall–Kier alpha value is -1.32. The highest BCUT2D eigenvalue weighted by atomic mass is 16.3. The van der Waals surface area contributed by atoms with Gasteiger partial charge >= 0.3 is 0 Å². The summed E-state index contributed by atoms with van der Waals surface area (Å²) in [6.07, 6.45) is 5.41. The molecule has 5 rings (SSSR count). The maximum absolute atomic E-state index is 11.0. The molecule has 2 aromatic rings. The van der Waals surface area contributed by atoms with Crippen LogP contribution in [0.25, 0.3) is 10.9 Å². The SMILES string of the molecule is CC[C@]12CCCN3CCc4c(n(c5ccccc45)[C@H](O)C1)[C@H]32. The molecule has 4 heterocycles. The van der Waals surface area contributed by atoms with Crippen molar-refractivity contribution in [1.82, 2.24) is 9.47 Å². The lowest BCUT2D eigenvalue weighted by atomic mass is 9.64. The second-order valence-corrected chi connectivity index (χ2v) is 7.44. The molecule has 1 fully saturated rings. The van der Waals surface area contributed by atoms with Crippen molar-refractivity contribution in [2.75, 3.05) is 13.1 Å². The number of para-hydroxylation sites is 1. The highest BCUT2D eigenvalue weighted by Crippen LogP contribution is 2.59. The third-order valence-electron chi connectivity index (χ3n) is 6.62. The molecule has 0 radical (unpaired) electrons. The summed E-state index contributed by atoms with van der Waals surface area (Å²) in [7, 11) is 0. The van der Waals surface area contributed by atoms with E-state index < -0.39 is 0 Å². The van der Waals surface area contributed by atoms with Crippen LogP contribution in [0.1, 0.15) is 56.1 Å². The van der Waals surface area contributed by atoms with E-state index in [4.69, 9.17) is 0 Å². The molecule has 3 nitrogen and oxygen atoms in total. The number of hydrogen-bond donors (Lipinski definition) is 1. The molecule has 3 heteroatoms. The molecule has 0 bridgehead atoms. The first-order chi connectivity index (χ1) is 10.7. The first-order valence-electron chi connectivity index (χ1n) is 8.79. The number of rotatable bonds is 1. The zero-order chi connectivity index (χ0) is 14.9. The Morgan fingerprint density at radius 1 is 1.27 bits per heavy atom. The summed E-state index contributed by atoms with van der Waals surface area (Å²) in [4.78, 5) is 2.70. The minimum Gasteiger partial charge on any atom is -0.373 e. The molecule has 1 N–H and O–H groups in total. The lowest BCUT2D eigenvalue weighted by molar-refractivity contribution is -0.0791. The number of aromatic nitrogens is 1. The molecule has 0 saturated carbocycles. The number of aliphatic hydroxyl groups excluding tert-OH is 1. The van der Waals surface area contributed by atoms with Gasteiger partial charge in [-0.3, -0.25) is 4.90 Å². The summed E-state index contributed by atoms with van der Waals surface area (Å²) >= 11 is 0. The van der Waals surface area contributed by atoms with E-state index in [0.717, 1.165) is 12.8 Å². The van der Waals surface area contributed by atoms with Crippen LogP contribution in [0.5, 0.6) is 0 Å². The summed E-state index contributed by atoms with van der Waals surface area (Å²) in [6.45, 7) is 4.73. The lowest BCUT2D eigenvalue weighted by Gasteiger charge is -2.56. The Kier molecular flexibility index (Phi) is 2.61. The number of hydrogen-bond acceptors (Lipinski definition) is 2. The van der Waals surface area contributed by atoms with Crippen molar-refractivity contribution in [3.63, 3.8) is 0 Å². The van der Waals surface area contributed by atoms with Crippen LogP contribution < -0.4 is 0 Å². The number of nitrogens with zero attached hydrogens (tertiary/aromatic N) is 2. The molecule has 1 aromatic heterocycles. The van der Waals surface area contributed by atoms with Crippen LogP contribution >= 0.6 is 0 Å². The topological polar surface area (TPSA) is 28.4 Å². The molecule has 116 valence electrons. The van der Waals surface area contributed by atoms with Gasteiger partial charge < -0.3 is 9.67 Å². The zero-order valence-corrected chi connectivity index (χ0v) is 13.3. The maximum atomic E-state index is 11.0. The van der Waals surface area contributed by atoms with E-state index in [0.29, 0.717) is 6.04 Å². The predicted molar refractivity (Wildman–Crippen MR) is 87.8 cm³/mol. The highest BCUT2D eigenvalue weighted by Gasteiger charge is 2.52. The normalized spacial score (nSPS) is 33.9. The molecule has 0 amide bonds. The molecule has 3 aliphatic heterocycles. The summed E-state index contributed by atoms with van der Waals surface area (Å²) in [6, 6.07) is 9.19. The molecule has 22 heavy (non-hydrogen) atoms. The highest BCUT2D eigenvalue weighted by molar-refractivity contribution is 5.86. The summed E-state index contributed by atoms with van der Waals surface area (Å²) in [5.74, 6) is 0. The van der Waals surface area contributed by atoms with Gasteiger partial charge in [0, 0.05) is 17.6 Å². The Morgan fingerprint density at radius 2 is 2.14 bits per heavy atom. The Balaban J connectivity index is 1.85. The Labute approximate surface area is 131 Å². The summed E-state index contributed by atoms with van der Waals surface area (Å²) < 4.78 is 2.26. The first-order valence-corrected chi connectivity index (χ1v) is 8.79. The van der Waals surface area contributed by atoms with Crippen molar-refractivity contribution in [2.24, 2.45) is 5.41 Å². The third kappa shape index (κ3) is 1.44. The van der Waals surface area contributed by atoms with Crippen molar-refractivity contribution < 1.29 is 5.11 Å². The fourth-order valence-electron chi connectivity index (χ4n) is 5.66. The molecule has 1 saturated heterocycles. The van der Waals surface area contributed by atoms with Crippen LogP contribution in [-0.4, -0.2) is 27.7 Å². The molecular formula is C19H24N2O. The van der Waals surface area contributed by atoms with E-state index in [2.05, 4.69) is 40.7 Å². The number of benzene rings is 1. The van der Waals surface area contributed by atoms with Crippen LogP contribution in [0.3, 0.4) is 0 Å². The summed E-state index contributed by atoms with van der Waals surface area (Å²) in [5, 5.41) is 12.3. The van der Waals surface area contributed by atoms with Gasteiger partial charge in [0.15, 0.2) is 0 Å². The van der Waals surface area contributed by atoms with Gasteiger partial charge in [0.05, 0.1) is 11.6 Å². The van der Waals surface area contributed by atoms with Crippen molar-refractivity contribution >= 4 is 10.9 Å². The van der Waals surface area contributed by atoms with Gasteiger partial charge in [0.1, 0.15) is 6.23 Å². The quantitative estimate of drug-likeness (QED) is 0.870. The molecule has 1 aromatic carbocycles. The average molecular weight is 296 g/mol. The van der Waals surface area contributed by atoms with Crippen LogP contribution in [0.4, 0.5) is 0 Å². The molecule has 0 unspecified atom stereocenters. The minimum absolute atomic E-state index is 0.275. The number of piperidine rings is 1.